The molecule has 2 N–H and O–H groups in total. The lowest BCUT2D eigenvalue weighted by Gasteiger charge is -2.12. The van der Waals surface area contributed by atoms with Crippen molar-refractivity contribution < 1.29 is 9.47 Å². The summed E-state index contributed by atoms with van der Waals surface area (Å²) in [5.41, 5.74) is 3.24. The van der Waals surface area contributed by atoms with E-state index in [2.05, 4.69) is 22.4 Å². The number of halogens is 2. The molecule has 0 aliphatic rings. The van der Waals surface area contributed by atoms with E-state index in [9.17, 15) is 0 Å². The van der Waals surface area contributed by atoms with Gasteiger partial charge in [-0.15, -0.1) is 6.58 Å². The van der Waals surface area contributed by atoms with Crippen molar-refractivity contribution in [2.24, 2.45) is 5.10 Å². The van der Waals surface area contributed by atoms with Crippen LogP contribution in [0.4, 0.5) is 0 Å². The number of nitrogens with one attached hydrogen (secondary N) is 2. The Kier molecular flexibility index (Phi) is 7.28. The molecule has 0 bridgehead atoms. The summed E-state index contributed by atoms with van der Waals surface area (Å²) < 4.78 is 10.4. The molecule has 114 valence electrons. The minimum absolute atomic E-state index is 0.279. The fourth-order valence-electron chi connectivity index (χ4n) is 1.46. The van der Waals surface area contributed by atoms with Crippen molar-refractivity contribution in [2.45, 2.75) is 0 Å². The maximum atomic E-state index is 6.16. The van der Waals surface area contributed by atoms with Crippen molar-refractivity contribution in [3.63, 3.8) is 0 Å². The lowest BCUT2D eigenvalue weighted by molar-refractivity contribution is 0.394. The molecule has 0 atom stereocenters. The molecule has 1 aromatic carbocycles. The molecule has 1 rings (SSSR count). The number of nitrogens with zero attached hydrogens (tertiary/aromatic N) is 1. The third-order valence-corrected chi connectivity index (χ3v) is 3.20. The highest BCUT2D eigenvalue weighted by atomic mass is 35.5. The minimum atomic E-state index is 0.279. The minimum Gasteiger partial charge on any atom is -0.494 e. The molecule has 5 nitrogen and oxygen atoms in total. The highest BCUT2D eigenvalue weighted by Crippen LogP contribution is 2.41. The van der Waals surface area contributed by atoms with E-state index in [4.69, 9.17) is 44.9 Å². The van der Waals surface area contributed by atoms with Gasteiger partial charge in [0.1, 0.15) is 10.8 Å². The Hall–Kier alpha value is -1.50. The standard InChI is InChI=1S/C13H15Cl2N3O2S/c1-4-5-16-13(21)18-17-7-8-6-9(14)12(20-3)10(15)11(8)19-2/h4,6-7H,1,5H2,2-3H3,(H2,16,18,21)/b17-7+. The summed E-state index contributed by atoms with van der Waals surface area (Å²) in [4.78, 5) is 0. The molecule has 1 aromatic rings. The fourth-order valence-corrected chi connectivity index (χ4v) is 2.30. The van der Waals surface area contributed by atoms with Crippen LogP contribution < -0.4 is 20.2 Å². The zero-order valence-electron chi connectivity index (χ0n) is 11.6. The maximum Gasteiger partial charge on any atom is 0.187 e. The fraction of sp³-hybridized carbons (Fsp3) is 0.231. The van der Waals surface area contributed by atoms with Crippen molar-refractivity contribution >= 4 is 46.7 Å². The van der Waals surface area contributed by atoms with Gasteiger partial charge in [0.25, 0.3) is 0 Å². The third kappa shape index (κ3) is 4.77. The maximum absolute atomic E-state index is 6.16. The quantitative estimate of drug-likeness (QED) is 0.358. The average molecular weight is 348 g/mol. The zero-order valence-corrected chi connectivity index (χ0v) is 13.9. The lowest BCUT2D eigenvalue weighted by atomic mass is 10.2. The molecule has 0 aliphatic carbocycles. The van der Waals surface area contributed by atoms with Gasteiger partial charge in [-0.3, -0.25) is 5.43 Å². The molecule has 0 spiro atoms. The molecule has 0 aromatic heterocycles. The highest BCUT2D eigenvalue weighted by molar-refractivity contribution is 7.80. The number of rotatable bonds is 6. The number of hydrazone groups is 1. The molecule has 0 radical (unpaired) electrons. The van der Waals surface area contributed by atoms with Crippen LogP contribution in [0.1, 0.15) is 5.56 Å². The Balaban J connectivity index is 2.93. The van der Waals surface area contributed by atoms with Gasteiger partial charge in [0.05, 0.1) is 25.5 Å². The van der Waals surface area contributed by atoms with Crippen LogP contribution in [0.3, 0.4) is 0 Å². The van der Waals surface area contributed by atoms with Crippen LogP contribution in [0, 0.1) is 0 Å². The Labute approximate surface area is 138 Å². The van der Waals surface area contributed by atoms with E-state index >= 15 is 0 Å². The normalized spacial score (nSPS) is 10.3. The Morgan fingerprint density at radius 1 is 1.38 bits per heavy atom. The van der Waals surface area contributed by atoms with Crippen molar-refractivity contribution in [1.82, 2.24) is 10.7 Å². The second kappa shape index (κ2) is 8.71. The summed E-state index contributed by atoms with van der Waals surface area (Å²) in [5, 5.41) is 7.87. The van der Waals surface area contributed by atoms with Gasteiger partial charge in [-0.05, 0) is 18.3 Å². The molecule has 8 heteroatoms. The molecular formula is C13H15Cl2N3O2S. The SMILES string of the molecule is C=CCNC(=S)N/N=C/c1cc(Cl)c(OC)c(Cl)c1OC. The Bertz CT molecular complexity index is 565. The van der Waals surface area contributed by atoms with Crippen molar-refractivity contribution in [3.8, 4) is 11.5 Å². The van der Waals surface area contributed by atoms with E-state index in [1.807, 2.05) is 0 Å². The van der Waals surface area contributed by atoms with Crippen molar-refractivity contribution in [2.75, 3.05) is 20.8 Å². The van der Waals surface area contributed by atoms with Gasteiger partial charge < -0.3 is 14.8 Å². The molecule has 0 fully saturated rings. The number of hydrogen-bond acceptors (Lipinski definition) is 4. The van der Waals surface area contributed by atoms with Gasteiger partial charge in [-0.1, -0.05) is 29.3 Å². The van der Waals surface area contributed by atoms with Crippen LogP contribution in [0.2, 0.25) is 10.0 Å². The van der Waals surface area contributed by atoms with E-state index in [1.165, 1.54) is 20.4 Å². The van der Waals surface area contributed by atoms with E-state index in [1.54, 1.807) is 12.1 Å². The Morgan fingerprint density at radius 2 is 2.05 bits per heavy atom. The van der Waals surface area contributed by atoms with Crippen LogP contribution in [-0.4, -0.2) is 32.1 Å². The van der Waals surface area contributed by atoms with Crippen LogP contribution in [0.5, 0.6) is 11.5 Å². The first kappa shape index (κ1) is 17.6. The zero-order chi connectivity index (χ0) is 15.8. The first-order valence-corrected chi connectivity index (χ1v) is 6.99. The smallest absolute Gasteiger partial charge is 0.187 e. The molecule has 0 saturated carbocycles. The second-order valence-electron chi connectivity index (χ2n) is 3.70. The summed E-state index contributed by atoms with van der Waals surface area (Å²) in [6.45, 7) is 4.12. The lowest BCUT2D eigenvalue weighted by Crippen LogP contribution is -2.31. The summed E-state index contributed by atoms with van der Waals surface area (Å²) in [5.74, 6) is 0.761. The monoisotopic (exact) mass is 347 g/mol. The van der Waals surface area contributed by atoms with Gasteiger partial charge in [-0.25, -0.2) is 0 Å². The van der Waals surface area contributed by atoms with Gasteiger partial charge in [0.2, 0.25) is 0 Å². The molecule has 21 heavy (non-hydrogen) atoms. The van der Waals surface area contributed by atoms with E-state index < -0.39 is 0 Å². The summed E-state index contributed by atoms with van der Waals surface area (Å²) in [6.07, 6.45) is 3.18. The van der Waals surface area contributed by atoms with Gasteiger partial charge in [0, 0.05) is 12.1 Å². The van der Waals surface area contributed by atoms with Gasteiger partial charge in [-0.2, -0.15) is 5.10 Å². The molecule has 0 heterocycles. The van der Waals surface area contributed by atoms with Crippen molar-refractivity contribution in [1.29, 1.82) is 0 Å². The topological polar surface area (TPSA) is 54.9 Å². The third-order valence-electron chi connectivity index (χ3n) is 2.34. The average Bonchev–Trinajstić information content (AvgIpc) is 2.45. The first-order valence-electron chi connectivity index (χ1n) is 5.82. The second-order valence-corrected chi connectivity index (χ2v) is 4.89. The van der Waals surface area contributed by atoms with Gasteiger partial charge in [0.15, 0.2) is 10.9 Å². The van der Waals surface area contributed by atoms with Gasteiger partial charge >= 0.3 is 0 Å². The summed E-state index contributed by atoms with van der Waals surface area (Å²) in [7, 11) is 2.97. The first-order chi connectivity index (χ1) is 10.0. The number of ether oxygens (including phenoxy) is 2. The van der Waals surface area contributed by atoms with Crippen LogP contribution in [0.15, 0.2) is 23.8 Å². The Morgan fingerprint density at radius 3 is 2.62 bits per heavy atom. The number of benzene rings is 1. The molecule has 0 amide bonds. The van der Waals surface area contributed by atoms with E-state index in [0.29, 0.717) is 33.7 Å². The summed E-state index contributed by atoms with van der Waals surface area (Å²) in [6, 6.07) is 1.64. The van der Waals surface area contributed by atoms with E-state index in [-0.39, 0.29) is 5.02 Å². The highest BCUT2D eigenvalue weighted by Gasteiger charge is 2.16. The predicted octanol–water partition coefficient (Wildman–Crippen LogP) is 2.99. The van der Waals surface area contributed by atoms with Crippen LogP contribution in [-0.2, 0) is 0 Å². The number of hydrogen-bond donors (Lipinski definition) is 2. The van der Waals surface area contributed by atoms with Crippen LogP contribution in [0.25, 0.3) is 0 Å². The van der Waals surface area contributed by atoms with Crippen molar-refractivity contribution in [3.05, 3.63) is 34.3 Å². The summed E-state index contributed by atoms with van der Waals surface area (Å²) >= 11 is 17.2. The predicted molar refractivity (Wildman–Crippen MR) is 91.1 cm³/mol. The number of thiocarbonyl (C=S) groups is 1. The molecule has 0 aliphatic heterocycles. The van der Waals surface area contributed by atoms with Crippen LogP contribution >= 0.6 is 35.4 Å². The van der Waals surface area contributed by atoms with E-state index in [0.717, 1.165) is 0 Å². The molecular weight excluding hydrogens is 333 g/mol. The molecule has 0 unspecified atom stereocenters. The number of methoxy groups -OCH3 is 2. The molecule has 0 saturated heterocycles. The largest absolute Gasteiger partial charge is 0.494 e.